The van der Waals surface area contributed by atoms with E-state index in [1.807, 2.05) is 24.3 Å². The van der Waals surface area contributed by atoms with Crippen molar-refractivity contribution < 1.29 is 21.5 Å². The lowest BCUT2D eigenvalue weighted by Gasteiger charge is -2.32. The second-order valence-electron chi connectivity index (χ2n) is 12.6. The second kappa shape index (κ2) is 10.4. The third-order valence-corrected chi connectivity index (χ3v) is 8.76. The first-order valence-corrected chi connectivity index (χ1v) is 14.0. The normalized spacial score (nSPS) is 19.8. The Hall–Kier alpha value is -3.45. The van der Waals surface area contributed by atoms with Gasteiger partial charge in [0.1, 0.15) is 0 Å². The van der Waals surface area contributed by atoms with Crippen molar-refractivity contribution in [3.8, 4) is 24.2 Å². The summed E-state index contributed by atoms with van der Waals surface area (Å²) in [4.78, 5) is 2.19. The van der Waals surface area contributed by atoms with Crippen LogP contribution in [0.1, 0.15) is 63.8 Å². The third kappa shape index (κ3) is 5.56. The molecule has 0 unspecified atom stereocenters. The van der Waals surface area contributed by atoms with Gasteiger partial charge in [0.05, 0.1) is 22.4 Å². The fourth-order valence-corrected chi connectivity index (χ4v) is 4.77. The molecule has 0 spiro atoms. The molecule has 5 rings (SSSR count). The molecule has 212 valence electrons. The molecule has 5 nitrogen and oxygen atoms in total. The molecule has 0 amide bonds. The van der Waals surface area contributed by atoms with Gasteiger partial charge in [-0.2, -0.15) is 0 Å². The first-order chi connectivity index (χ1) is 19.2. The van der Waals surface area contributed by atoms with Crippen LogP contribution in [0.25, 0.3) is 0 Å². The van der Waals surface area contributed by atoms with Gasteiger partial charge in [0, 0.05) is 25.5 Å². The Kier molecular flexibility index (Phi) is 7.39. The average Bonchev–Trinajstić information content (AvgIpc) is 3.28. The molecule has 2 fully saturated rings. The van der Waals surface area contributed by atoms with Gasteiger partial charge in [0.15, 0.2) is 0 Å². The van der Waals surface area contributed by atoms with Crippen molar-refractivity contribution >= 4 is 42.2 Å². The van der Waals surface area contributed by atoms with Gasteiger partial charge in [0.2, 0.25) is 0 Å². The van der Waals surface area contributed by atoms with Crippen molar-refractivity contribution in [2.45, 2.75) is 77.8 Å². The summed E-state index contributed by atoms with van der Waals surface area (Å²) < 4.78 is 25.1. The highest BCUT2D eigenvalue weighted by Gasteiger charge is 2.52. The maximum absolute atomic E-state index is 6.27. The summed E-state index contributed by atoms with van der Waals surface area (Å²) in [7, 11) is -0.841. The molecule has 2 saturated heterocycles. The van der Waals surface area contributed by atoms with Crippen LogP contribution >= 0.6 is 0 Å². The van der Waals surface area contributed by atoms with E-state index in [-0.39, 0.29) is 2.85 Å². The topological polar surface area (TPSA) is 40.2 Å². The number of rotatable bonds is 5. The fraction of sp³-hybridized carbons (Fsp3) is 0.353. The van der Waals surface area contributed by atoms with E-state index in [1.54, 1.807) is 0 Å². The minimum atomic E-state index is -0.421. The molecule has 7 heteroatoms. The Bertz CT molecular complexity index is 1410. The van der Waals surface area contributed by atoms with Gasteiger partial charge in [-0.15, -0.1) is 6.42 Å². The number of hydrogen-bond acceptors (Lipinski definition) is 5. The Labute approximate surface area is 248 Å². The molecular formula is C34H41B2NO4. The van der Waals surface area contributed by atoms with Gasteiger partial charge < -0.3 is 23.5 Å². The lowest BCUT2D eigenvalue weighted by Crippen LogP contribution is -2.41. The van der Waals surface area contributed by atoms with Gasteiger partial charge in [-0.25, -0.2) is 0 Å². The van der Waals surface area contributed by atoms with Crippen LogP contribution in [-0.2, 0) is 18.6 Å². The van der Waals surface area contributed by atoms with Crippen LogP contribution in [0.2, 0.25) is 0 Å². The summed E-state index contributed by atoms with van der Waals surface area (Å²) in [5.74, 6) is 8.04. The summed E-state index contributed by atoms with van der Waals surface area (Å²) in [5.41, 5.74) is 4.20. The zero-order chi connectivity index (χ0) is 29.6. The monoisotopic (exact) mass is 549 g/mol. The van der Waals surface area contributed by atoms with E-state index >= 15 is 0 Å². The third-order valence-electron chi connectivity index (χ3n) is 8.76. The number of nitrogens with zero attached hydrogens (tertiary/aromatic N) is 1. The summed E-state index contributed by atoms with van der Waals surface area (Å²) in [5, 5.41) is 0. The highest BCUT2D eigenvalue weighted by Crippen LogP contribution is 2.39. The lowest BCUT2D eigenvalue weighted by molar-refractivity contribution is 0.00578. The standard InChI is InChI=1S/C34H37B2NO4.2H2/c1-10-11-12-25-13-19-28(20-14-25)37(29-21-15-26(16-22-29)35-38-31(2,3)32(4,5)39-35)30-23-17-27(18-24-30)36-40-33(6,7)34(8,9)41-36;;/h1,13-24H,2-9H3;2*1H. The quantitative estimate of drug-likeness (QED) is 0.279. The van der Waals surface area contributed by atoms with Crippen LogP contribution in [0.5, 0.6) is 0 Å². The van der Waals surface area contributed by atoms with E-state index in [2.05, 4.69) is 127 Å². The van der Waals surface area contributed by atoms with Crippen LogP contribution in [0, 0.1) is 24.2 Å². The molecule has 2 aliphatic rings. The summed E-state index contributed by atoms with van der Waals surface area (Å²) in [6.45, 7) is 16.5. The number of hydrogen-bond donors (Lipinski definition) is 0. The predicted molar refractivity (Wildman–Crippen MR) is 172 cm³/mol. The largest absolute Gasteiger partial charge is 0.494 e. The Morgan fingerprint density at radius 1 is 0.561 bits per heavy atom. The van der Waals surface area contributed by atoms with Crippen LogP contribution in [-0.4, -0.2) is 36.6 Å². The van der Waals surface area contributed by atoms with E-state index in [1.165, 1.54) is 0 Å². The number of anilines is 3. The minimum absolute atomic E-state index is 0. The predicted octanol–water partition coefficient (Wildman–Crippen LogP) is 6.23. The van der Waals surface area contributed by atoms with E-state index in [4.69, 9.17) is 25.0 Å². The molecule has 0 aromatic heterocycles. The first-order valence-electron chi connectivity index (χ1n) is 14.0. The molecule has 0 bridgehead atoms. The van der Waals surface area contributed by atoms with Crippen molar-refractivity contribution in [2.24, 2.45) is 0 Å². The van der Waals surface area contributed by atoms with Gasteiger partial charge in [-0.3, -0.25) is 0 Å². The fourth-order valence-electron chi connectivity index (χ4n) is 4.77. The van der Waals surface area contributed by atoms with Gasteiger partial charge >= 0.3 is 14.2 Å². The first kappa shape index (κ1) is 29.1. The molecule has 3 aromatic carbocycles. The minimum Gasteiger partial charge on any atom is -0.399 e. The van der Waals surface area contributed by atoms with E-state index in [0.29, 0.717) is 0 Å². The smallest absolute Gasteiger partial charge is 0.399 e. The van der Waals surface area contributed by atoms with Crippen molar-refractivity contribution in [1.29, 1.82) is 0 Å². The van der Waals surface area contributed by atoms with Crippen LogP contribution in [0.3, 0.4) is 0 Å². The zero-order valence-corrected chi connectivity index (χ0v) is 25.2. The van der Waals surface area contributed by atoms with Crippen molar-refractivity contribution in [1.82, 2.24) is 0 Å². The average molecular weight is 549 g/mol. The van der Waals surface area contributed by atoms with Crippen LogP contribution in [0.15, 0.2) is 72.8 Å². The van der Waals surface area contributed by atoms with Gasteiger partial charge in [0.25, 0.3) is 0 Å². The molecular weight excluding hydrogens is 508 g/mol. The van der Waals surface area contributed by atoms with Crippen molar-refractivity contribution in [3.63, 3.8) is 0 Å². The van der Waals surface area contributed by atoms with Crippen LogP contribution in [0.4, 0.5) is 17.1 Å². The molecule has 0 saturated carbocycles. The summed E-state index contributed by atoms with van der Waals surface area (Å²) in [6, 6.07) is 24.7. The lowest BCUT2D eigenvalue weighted by atomic mass is 9.79. The van der Waals surface area contributed by atoms with Crippen molar-refractivity contribution in [2.75, 3.05) is 4.90 Å². The summed E-state index contributed by atoms with van der Waals surface area (Å²) >= 11 is 0. The highest BCUT2D eigenvalue weighted by molar-refractivity contribution is 6.62. The second-order valence-corrected chi connectivity index (χ2v) is 12.6. The summed E-state index contributed by atoms with van der Waals surface area (Å²) in [6.07, 6.45) is 5.31. The van der Waals surface area contributed by atoms with Crippen molar-refractivity contribution in [3.05, 3.63) is 78.4 Å². The Morgan fingerprint density at radius 3 is 1.20 bits per heavy atom. The number of terminal acetylenes is 1. The van der Waals surface area contributed by atoms with E-state index in [0.717, 1.165) is 33.6 Å². The molecule has 0 atom stereocenters. The van der Waals surface area contributed by atoms with Gasteiger partial charge in [-0.05, 0) is 127 Å². The SMILES string of the molecule is C#CC#Cc1ccc(N(c2ccc(B3OC(C)(C)C(C)(C)O3)cc2)c2ccc(B3OC(C)(C)C(C)(C)O3)cc2)cc1.[HH].[HH]. The molecule has 2 heterocycles. The Morgan fingerprint density at radius 2 is 0.878 bits per heavy atom. The molecule has 41 heavy (non-hydrogen) atoms. The molecule has 0 aliphatic carbocycles. The zero-order valence-electron chi connectivity index (χ0n) is 25.2. The molecule has 0 radical (unpaired) electrons. The maximum Gasteiger partial charge on any atom is 0.494 e. The van der Waals surface area contributed by atoms with E-state index in [9.17, 15) is 0 Å². The highest BCUT2D eigenvalue weighted by atomic mass is 16.7. The Balaban J connectivity index is 0.00000253. The molecule has 3 aromatic rings. The van der Waals surface area contributed by atoms with Crippen LogP contribution < -0.4 is 15.8 Å². The number of benzene rings is 3. The van der Waals surface area contributed by atoms with E-state index < -0.39 is 36.6 Å². The molecule has 2 aliphatic heterocycles. The molecule has 0 N–H and O–H groups in total. The van der Waals surface area contributed by atoms with Gasteiger partial charge in [-0.1, -0.05) is 30.2 Å². The maximum atomic E-state index is 6.27.